The van der Waals surface area contributed by atoms with Crippen LogP contribution >= 0.6 is 0 Å². The Morgan fingerprint density at radius 1 is 1.00 bits per heavy atom. The summed E-state index contributed by atoms with van der Waals surface area (Å²) in [7, 11) is 2.92. The summed E-state index contributed by atoms with van der Waals surface area (Å²) in [5.74, 6) is 0.243. The molecule has 0 saturated heterocycles. The Morgan fingerprint density at radius 3 is 2.54 bits per heavy atom. The van der Waals surface area contributed by atoms with Crippen molar-refractivity contribution in [1.82, 2.24) is 0 Å². The number of nitrogens with zero attached hydrogens (tertiary/aromatic N) is 1. The molecule has 0 aliphatic rings. The molecular weight excluding hydrogens is 302 g/mol. The summed E-state index contributed by atoms with van der Waals surface area (Å²) in [6, 6.07) is 18.8. The summed E-state index contributed by atoms with van der Waals surface area (Å²) in [5.41, 5.74) is 2.68. The van der Waals surface area contributed by atoms with Crippen molar-refractivity contribution in [2.75, 3.05) is 14.2 Å². The number of methoxy groups -OCH3 is 2. The number of nitriles is 1. The van der Waals surface area contributed by atoms with Crippen LogP contribution in [0.3, 0.4) is 0 Å². The smallest absolute Gasteiger partial charge is 0.337 e. The molecule has 4 nitrogen and oxygen atoms in total. The van der Waals surface area contributed by atoms with Gasteiger partial charge in [-0.2, -0.15) is 5.26 Å². The minimum absolute atomic E-state index is 0.387. The number of ether oxygens (including phenoxy) is 2. The number of hydrogen-bond acceptors (Lipinski definition) is 4. The third-order valence-corrected chi connectivity index (χ3v) is 3.94. The van der Waals surface area contributed by atoms with E-state index in [0.29, 0.717) is 16.9 Å². The summed E-state index contributed by atoms with van der Waals surface area (Å²) >= 11 is 0. The van der Waals surface area contributed by atoms with Gasteiger partial charge in [-0.15, -0.1) is 0 Å². The molecule has 0 N–H and O–H groups in total. The van der Waals surface area contributed by atoms with E-state index in [0.717, 1.165) is 21.9 Å². The van der Waals surface area contributed by atoms with Gasteiger partial charge in [-0.05, 0) is 46.7 Å². The van der Waals surface area contributed by atoms with Crippen LogP contribution in [0.25, 0.3) is 21.9 Å². The Bertz CT molecular complexity index is 970. The molecule has 0 unspecified atom stereocenters. The molecule has 0 aliphatic carbocycles. The van der Waals surface area contributed by atoms with Crippen molar-refractivity contribution < 1.29 is 14.3 Å². The van der Waals surface area contributed by atoms with Gasteiger partial charge in [0.05, 0.1) is 31.4 Å². The lowest BCUT2D eigenvalue weighted by atomic mass is 9.94. The Kier molecular flexibility index (Phi) is 4.17. The van der Waals surface area contributed by atoms with Gasteiger partial charge in [0.25, 0.3) is 0 Å². The lowest BCUT2D eigenvalue weighted by Gasteiger charge is -2.11. The molecule has 0 saturated carbocycles. The average molecular weight is 317 g/mol. The van der Waals surface area contributed by atoms with E-state index >= 15 is 0 Å². The second-order valence-corrected chi connectivity index (χ2v) is 5.26. The van der Waals surface area contributed by atoms with Gasteiger partial charge in [0.2, 0.25) is 0 Å². The van der Waals surface area contributed by atoms with Crippen LogP contribution in [0, 0.1) is 11.3 Å². The van der Waals surface area contributed by atoms with Gasteiger partial charge in [0.15, 0.2) is 0 Å². The van der Waals surface area contributed by atoms with Crippen LogP contribution < -0.4 is 4.74 Å². The summed E-state index contributed by atoms with van der Waals surface area (Å²) in [6.45, 7) is 0. The maximum Gasteiger partial charge on any atom is 0.337 e. The minimum Gasteiger partial charge on any atom is -0.497 e. The maximum atomic E-state index is 11.8. The molecule has 0 bridgehead atoms. The number of fused-ring (bicyclic) bond motifs is 1. The van der Waals surface area contributed by atoms with Gasteiger partial charge in [-0.1, -0.05) is 24.3 Å². The molecule has 0 spiro atoms. The fraction of sp³-hybridized carbons (Fsp3) is 0.100. The minimum atomic E-state index is -0.387. The second kappa shape index (κ2) is 6.43. The molecule has 3 aromatic carbocycles. The summed E-state index contributed by atoms with van der Waals surface area (Å²) in [5, 5.41) is 11.3. The molecule has 3 aromatic rings. The van der Waals surface area contributed by atoms with Crippen molar-refractivity contribution in [3.05, 3.63) is 65.7 Å². The van der Waals surface area contributed by atoms with E-state index in [2.05, 4.69) is 6.07 Å². The quantitative estimate of drug-likeness (QED) is 0.680. The van der Waals surface area contributed by atoms with E-state index in [1.165, 1.54) is 7.11 Å². The molecule has 0 amide bonds. The fourth-order valence-electron chi connectivity index (χ4n) is 2.73. The number of esters is 1. The van der Waals surface area contributed by atoms with Gasteiger partial charge >= 0.3 is 5.97 Å². The van der Waals surface area contributed by atoms with Gasteiger partial charge in [-0.25, -0.2) is 4.79 Å². The van der Waals surface area contributed by atoms with Crippen LogP contribution in [-0.2, 0) is 4.74 Å². The molecule has 0 aliphatic heterocycles. The highest BCUT2D eigenvalue weighted by atomic mass is 16.5. The van der Waals surface area contributed by atoms with Crippen LogP contribution in [0.4, 0.5) is 0 Å². The van der Waals surface area contributed by atoms with E-state index in [1.807, 2.05) is 36.4 Å². The lowest BCUT2D eigenvalue weighted by molar-refractivity contribution is 0.0601. The maximum absolute atomic E-state index is 11.8. The molecule has 0 radical (unpaired) electrons. The summed E-state index contributed by atoms with van der Waals surface area (Å²) in [4.78, 5) is 11.8. The van der Waals surface area contributed by atoms with Crippen molar-refractivity contribution in [2.45, 2.75) is 0 Å². The first-order chi connectivity index (χ1) is 11.7. The first kappa shape index (κ1) is 15.6. The molecule has 4 heteroatoms. The second-order valence-electron chi connectivity index (χ2n) is 5.26. The lowest BCUT2D eigenvalue weighted by Crippen LogP contribution is -2.00. The zero-order valence-corrected chi connectivity index (χ0v) is 13.4. The Morgan fingerprint density at radius 2 is 1.83 bits per heavy atom. The monoisotopic (exact) mass is 317 g/mol. The molecule has 0 fully saturated rings. The zero-order valence-electron chi connectivity index (χ0n) is 13.4. The van der Waals surface area contributed by atoms with Crippen molar-refractivity contribution in [1.29, 1.82) is 5.26 Å². The first-order valence-corrected chi connectivity index (χ1v) is 7.37. The molecule has 0 aromatic heterocycles. The first-order valence-electron chi connectivity index (χ1n) is 7.37. The third-order valence-electron chi connectivity index (χ3n) is 3.94. The largest absolute Gasteiger partial charge is 0.497 e. The molecule has 0 heterocycles. The predicted molar refractivity (Wildman–Crippen MR) is 92.0 cm³/mol. The number of carbonyl (C=O) groups excluding carboxylic acids is 1. The summed E-state index contributed by atoms with van der Waals surface area (Å²) < 4.78 is 9.99. The van der Waals surface area contributed by atoms with Crippen molar-refractivity contribution >= 4 is 16.7 Å². The van der Waals surface area contributed by atoms with Gasteiger partial charge in [-0.3, -0.25) is 0 Å². The molecule has 118 valence electrons. The normalized spacial score (nSPS) is 10.2. The Hall–Kier alpha value is -3.32. The Labute approximate surface area is 139 Å². The van der Waals surface area contributed by atoms with Crippen molar-refractivity contribution in [2.24, 2.45) is 0 Å². The van der Waals surface area contributed by atoms with Crippen LogP contribution in [0.5, 0.6) is 5.75 Å². The molecule has 0 atom stereocenters. The number of benzene rings is 3. The topological polar surface area (TPSA) is 59.3 Å². The predicted octanol–water partition coefficient (Wildman–Crippen LogP) is 4.17. The summed E-state index contributed by atoms with van der Waals surface area (Å²) in [6.07, 6.45) is 0. The van der Waals surface area contributed by atoms with E-state index < -0.39 is 0 Å². The van der Waals surface area contributed by atoms with E-state index in [-0.39, 0.29) is 5.97 Å². The highest BCUT2D eigenvalue weighted by Gasteiger charge is 2.12. The fourth-order valence-corrected chi connectivity index (χ4v) is 2.73. The highest BCUT2D eigenvalue weighted by Crippen LogP contribution is 2.33. The van der Waals surface area contributed by atoms with E-state index in [1.54, 1.807) is 25.3 Å². The molecular formula is C20H15NO3. The highest BCUT2D eigenvalue weighted by molar-refractivity contribution is 6.02. The van der Waals surface area contributed by atoms with Gasteiger partial charge in [0.1, 0.15) is 5.75 Å². The van der Waals surface area contributed by atoms with Crippen LogP contribution in [-0.4, -0.2) is 20.2 Å². The van der Waals surface area contributed by atoms with Crippen molar-refractivity contribution in [3.8, 4) is 22.9 Å². The average Bonchev–Trinajstić information content (AvgIpc) is 2.65. The SMILES string of the molecule is COC(=O)c1ccc2cccc(-c3ccc(OC)cc3C#N)c2c1. The number of rotatable bonds is 3. The van der Waals surface area contributed by atoms with E-state index in [4.69, 9.17) is 9.47 Å². The van der Waals surface area contributed by atoms with E-state index in [9.17, 15) is 10.1 Å². The number of carbonyl (C=O) groups is 1. The standard InChI is InChI=1S/C20H15NO3/c1-23-16-8-9-17(15(10-16)12-21)18-5-3-4-13-6-7-14(11-19(13)18)20(22)24-2/h3-11H,1-2H3. The third kappa shape index (κ3) is 2.68. The molecule has 3 rings (SSSR count). The molecule has 24 heavy (non-hydrogen) atoms. The van der Waals surface area contributed by atoms with Crippen LogP contribution in [0.2, 0.25) is 0 Å². The number of hydrogen-bond donors (Lipinski definition) is 0. The van der Waals surface area contributed by atoms with Gasteiger partial charge < -0.3 is 9.47 Å². The van der Waals surface area contributed by atoms with Crippen LogP contribution in [0.1, 0.15) is 15.9 Å². The zero-order chi connectivity index (χ0) is 17.1. The van der Waals surface area contributed by atoms with Gasteiger partial charge in [0, 0.05) is 5.56 Å². The van der Waals surface area contributed by atoms with Crippen LogP contribution in [0.15, 0.2) is 54.6 Å². The Balaban J connectivity index is 2.26. The van der Waals surface area contributed by atoms with Crippen molar-refractivity contribution in [3.63, 3.8) is 0 Å².